The zero-order chi connectivity index (χ0) is 15.9. The highest BCUT2D eigenvalue weighted by Gasteiger charge is 2.20. The van der Waals surface area contributed by atoms with Gasteiger partial charge in [-0.15, -0.1) is 0 Å². The van der Waals surface area contributed by atoms with Crippen molar-refractivity contribution in [2.24, 2.45) is 0 Å². The zero-order valence-electron chi connectivity index (χ0n) is 13.3. The van der Waals surface area contributed by atoms with Crippen LogP contribution >= 0.6 is 11.8 Å². The highest BCUT2D eigenvalue weighted by Crippen LogP contribution is 2.14. The first-order chi connectivity index (χ1) is 9.88. The maximum absolute atomic E-state index is 11.9. The summed E-state index contributed by atoms with van der Waals surface area (Å²) < 4.78 is 0. The molecule has 0 aliphatic carbocycles. The molecule has 3 N–H and O–H groups in total. The fraction of sp³-hybridized carbons (Fsp3) is 0.562. The fourth-order valence-electron chi connectivity index (χ4n) is 2.01. The van der Waals surface area contributed by atoms with Gasteiger partial charge in [-0.2, -0.15) is 11.8 Å². The Balaban J connectivity index is 2.46. The zero-order valence-corrected chi connectivity index (χ0v) is 14.1. The summed E-state index contributed by atoms with van der Waals surface area (Å²) in [5.74, 6) is 0.585. The van der Waals surface area contributed by atoms with Gasteiger partial charge >= 0.3 is 6.03 Å². The van der Waals surface area contributed by atoms with Gasteiger partial charge in [-0.3, -0.25) is 0 Å². The van der Waals surface area contributed by atoms with Gasteiger partial charge in [0.1, 0.15) is 0 Å². The number of thioether (sulfide) groups is 1. The molecule has 0 aliphatic heterocycles. The molecule has 0 saturated carbocycles. The molecule has 0 radical (unpaired) electrons. The number of urea groups is 1. The number of benzene rings is 1. The van der Waals surface area contributed by atoms with Crippen molar-refractivity contribution in [1.82, 2.24) is 10.6 Å². The van der Waals surface area contributed by atoms with Gasteiger partial charge in [0.2, 0.25) is 0 Å². The largest absolute Gasteiger partial charge is 0.387 e. The SMILES string of the molecule is CCc1ccc(C(C)NC(=O)NCC(C)(O)CSC)cc1. The van der Waals surface area contributed by atoms with Gasteiger partial charge in [-0.1, -0.05) is 31.2 Å². The molecule has 0 aromatic heterocycles. The Kier molecular flexibility index (Phi) is 7.05. The second kappa shape index (κ2) is 8.29. The molecule has 21 heavy (non-hydrogen) atoms. The van der Waals surface area contributed by atoms with Crippen molar-refractivity contribution < 1.29 is 9.90 Å². The molecule has 0 fully saturated rings. The quantitative estimate of drug-likeness (QED) is 0.725. The van der Waals surface area contributed by atoms with Crippen LogP contribution in [0.3, 0.4) is 0 Å². The second-order valence-corrected chi connectivity index (χ2v) is 6.44. The van der Waals surface area contributed by atoms with Crippen LogP contribution in [0, 0.1) is 0 Å². The molecule has 0 bridgehead atoms. The third kappa shape index (κ3) is 6.40. The molecule has 118 valence electrons. The van der Waals surface area contributed by atoms with Crippen molar-refractivity contribution in [3.63, 3.8) is 0 Å². The van der Waals surface area contributed by atoms with Crippen molar-refractivity contribution in [3.05, 3.63) is 35.4 Å². The Morgan fingerprint density at radius 3 is 2.52 bits per heavy atom. The lowest BCUT2D eigenvalue weighted by Crippen LogP contribution is -2.46. The van der Waals surface area contributed by atoms with E-state index in [-0.39, 0.29) is 18.6 Å². The number of rotatable bonds is 7. The van der Waals surface area contributed by atoms with Crippen molar-refractivity contribution in [2.45, 2.75) is 38.8 Å². The van der Waals surface area contributed by atoms with Gasteiger partial charge < -0.3 is 15.7 Å². The summed E-state index contributed by atoms with van der Waals surface area (Å²) in [6.45, 7) is 6.02. The molecule has 0 saturated heterocycles. The van der Waals surface area contributed by atoms with Crippen LogP contribution in [0.4, 0.5) is 4.79 Å². The third-order valence-corrected chi connectivity index (χ3v) is 4.23. The minimum absolute atomic E-state index is 0.0681. The smallest absolute Gasteiger partial charge is 0.315 e. The Labute approximate surface area is 131 Å². The molecule has 5 heteroatoms. The summed E-state index contributed by atoms with van der Waals surface area (Å²) in [5, 5.41) is 15.6. The van der Waals surface area contributed by atoms with Gasteiger partial charge in [0, 0.05) is 12.3 Å². The normalized spacial score (nSPS) is 15.1. The number of nitrogens with one attached hydrogen (secondary N) is 2. The highest BCUT2D eigenvalue weighted by molar-refractivity contribution is 7.98. The van der Waals surface area contributed by atoms with E-state index in [1.54, 1.807) is 18.7 Å². The molecule has 1 aromatic rings. The Morgan fingerprint density at radius 2 is 2.00 bits per heavy atom. The lowest BCUT2D eigenvalue weighted by atomic mass is 10.1. The van der Waals surface area contributed by atoms with Gasteiger partial charge in [0.15, 0.2) is 0 Å². The Morgan fingerprint density at radius 1 is 1.38 bits per heavy atom. The molecule has 0 heterocycles. The van der Waals surface area contributed by atoms with Crippen LogP contribution in [0.1, 0.15) is 37.9 Å². The van der Waals surface area contributed by atoms with Crippen molar-refractivity contribution in [2.75, 3.05) is 18.6 Å². The van der Waals surface area contributed by atoms with E-state index in [9.17, 15) is 9.90 Å². The number of aryl methyl sites for hydroxylation is 1. The number of carbonyl (C=O) groups excluding carboxylic acids is 1. The third-order valence-electron chi connectivity index (χ3n) is 3.32. The molecule has 1 rings (SSSR count). The van der Waals surface area contributed by atoms with E-state index in [4.69, 9.17) is 0 Å². The predicted octanol–water partition coefficient (Wildman–Crippen LogP) is 2.72. The molecule has 0 aliphatic rings. The summed E-state index contributed by atoms with van der Waals surface area (Å²) in [4.78, 5) is 11.9. The highest BCUT2D eigenvalue weighted by atomic mass is 32.2. The van der Waals surface area contributed by atoms with Crippen LogP contribution in [0.2, 0.25) is 0 Å². The van der Waals surface area contributed by atoms with E-state index in [1.165, 1.54) is 5.56 Å². The van der Waals surface area contributed by atoms with Gasteiger partial charge in [0.25, 0.3) is 0 Å². The summed E-state index contributed by atoms with van der Waals surface area (Å²) in [6, 6.07) is 7.90. The minimum Gasteiger partial charge on any atom is -0.387 e. The van der Waals surface area contributed by atoms with Crippen molar-refractivity contribution in [1.29, 1.82) is 0 Å². The Hall–Kier alpha value is -1.20. The fourth-order valence-corrected chi connectivity index (χ4v) is 2.73. The molecule has 2 unspecified atom stereocenters. The van der Waals surface area contributed by atoms with Gasteiger partial charge in [-0.05, 0) is 37.7 Å². The van der Waals surface area contributed by atoms with E-state index in [2.05, 4.69) is 29.7 Å². The lowest BCUT2D eigenvalue weighted by Gasteiger charge is -2.23. The number of hydrogen-bond acceptors (Lipinski definition) is 3. The number of hydrogen-bond donors (Lipinski definition) is 3. The molecule has 0 spiro atoms. The maximum Gasteiger partial charge on any atom is 0.315 e. The monoisotopic (exact) mass is 310 g/mol. The molecule has 2 atom stereocenters. The first kappa shape index (κ1) is 17.9. The lowest BCUT2D eigenvalue weighted by molar-refractivity contribution is 0.0868. The maximum atomic E-state index is 11.9. The average Bonchev–Trinajstić information content (AvgIpc) is 2.45. The van der Waals surface area contributed by atoms with Crippen LogP contribution in [-0.2, 0) is 6.42 Å². The summed E-state index contributed by atoms with van der Waals surface area (Å²) in [7, 11) is 0. The number of aliphatic hydroxyl groups is 1. The summed E-state index contributed by atoms with van der Waals surface area (Å²) in [5.41, 5.74) is 1.46. The second-order valence-electron chi connectivity index (χ2n) is 5.57. The van der Waals surface area contributed by atoms with Gasteiger partial charge in [-0.25, -0.2) is 4.79 Å². The standard InChI is InChI=1S/C16H26N2O2S/c1-5-13-6-8-14(9-7-13)12(2)18-15(19)17-10-16(3,20)11-21-4/h6-9,12,20H,5,10-11H2,1-4H3,(H2,17,18,19). The van der Waals surface area contributed by atoms with Crippen LogP contribution < -0.4 is 10.6 Å². The first-order valence-corrected chi connectivity index (χ1v) is 8.62. The number of carbonyl (C=O) groups is 1. The van der Waals surface area contributed by atoms with Gasteiger partial charge in [0.05, 0.1) is 11.6 Å². The van der Waals surface area contributed by atoms with Crippen LogP contribution in [0.25, 0.3) is 0 Å². The summed E-state index contributed by atoms with van der Waals surface area (Å²) in [6.07, 6.45) is 2.93. The van der Waals surface area contributed by atoms with Crippen molar-refractivity contribution >= 4 is 17.8 Å². The Bertz CT molecular complexity index is 446. The first-order valence-electron chi connectivity index (χ1n) is 7.22. The van der Waals surface area contributed by atoms with Crippen LogP contribution in [0.15, 0.2) is 24.3 Å². The molecule has 1 aromatic carbocycles. The van der Waals surface area contributed by atoms with E-state index >= 15 is 0 Å². The van der Waals surface area contributed by atoms with E-state index in [0.717, 1.165) is 12.0 Å². The average molecular weight is 310 g/mol. The van der Waals surface area contributed by atoms with E-state index in [0.29, 0.717) is 5.75 Å². The van der Waals surface area contributed by atoms with Crippen molar-refractivity contribution in [3.8, 4) is 0 Å². The topological polar surface area (TPSA) is 61.4 Å². The van der Waals surface area contributed by atoms with E-state index < -0.39 is 5.60 Å². The molecule has 4 nitrogen and oxygen atoms in total. The number of amides is 2. The minimum atomic E-state index is -0.886. The van der Waals surface area contributed by atoms with Crippen LogP contribution in [0.5, 0.6) is 0 Å². The molecular weight excluding hydrogens is 284 g/mol. The van der Waals surface area contributed by atoms with Crippen LogP contribution in [-0.4, -0.2) is 35.3 Å². The molecule has 2 amide bonds. The summed E-state index contributed by atoms with van der Waals surface area (Å²) >= 11 is 1.55. The predicted molar refractivity (Wildman–Crippen MR) is 89.8 cm³/mol. The molecular formula is C16H26N2O2S. The van der Waals surface area contributed by atoms with E-state index in [1.807, 2.05) is 25.3 Å².